The molecule has 0 aliphatic rings. The van der Waals surface area contributed by atoms with Crippen LogP contribution in [0.4, 0.5) is 9.59 Å². The van der Waals surface area contributed by atoms with Crippen LogP contribution in [0.1, 0.15) is 67.2 Å². The molecule has 0 aromatic rings. The van der Waals surface area contributed by atoms with E-state index in [2.05, 4.69) is 41.7 Å². The molecule has 0 aromatic carbocycles. The van der Waals surface area contributed by atoms with Crippen molar-refractivity contribution in [2.45, 2.75) is 84.4 Å². The predicted molar refractivity (Wildman–Crippen MR) is 196 cm³/mol. The molecule has 0 rings (SSSR count). The molecule has 0 bridgehead atoms. The van der Waals surface area contributed by atoms with E-state index in [0.29, 0.717) is 12.2 Å². The summed E-state index contributed by atoms with van der Waals surface area (Å²) >= 11 is 1.39. The number of hydrogen-bond acceptors (Lipinski definition) is 15. The van der Waals surface area contributed by atoms with Crippen LogP contribution in [0.2, 0.25) is 0 Å². The Morgan fingerprint density at radius 1 is 0.604 bits per heavy atom. The summed E-state index contributed by atoms with van der Waals surface area (Å²) in [6.07, 6.45) is -0.679. The van der Waals surface area contributed by atoms with Crippen molar-refractivity contribution in [3.63, 3.8) is 0 Å². The van der Waals surface area contributed by atoms with Crippen LogP contribution in [-0.4, -0.2) is 111 Å². The van der Waals surface area contributed by atoms with E-state index in [1.807, 2.05) is 0 Å². The molecule has 0 radical (unpaired) electrons. The van der Waals surface area contributed by atoms with Gasteiger partial charge in [0.15, 0.2) is 0 Å². The van der Waals surface area contributed by atoms with Gasteiger partial charge in [-0.05, 0) is 60.1 Å². The molecule has 53 heavy (non-hydrogen) atoms. The van der Waals surface area contributed by atoms with E-state index in [0.717, 1.165) is 12.8 Å². The number of carbonyl (C=O) groups excluding carboxylic acids is 7. The van der Waals surface area contributed by atoms with Crippen molar-refractivity contribution in [1.82, 2.24) is 10.6 Å². The maximum atomic E-state index is 13.2. The summed E-state index contributed by atoms with van der Waals surface area (Å²) in [5.41, 5.74) is -2.51. The van der Waals surface area contributed by atoms with Crippen LogP contribution in [0.3, 0.4) is 0 Å². The summed E-state index contributed by atoms with van der Waals surface area (Å²) in [4.78, 5) is 85.9. The van der Waals surface area contributed by atoms with Gasteiger partial charge in [0.2, 0.25) is 0 Å². The lowest BCUT2D eigenvalue weighted by molar-refractivity contribution is -0.147. The molecule has 0 saturated heterocycles. The molecule has 0 aliphatic heterocycles. The fourth-order valence-corrected chi connectivity index (χ4v) is 4.58. The van der Waals surface area contributed by atoms with Crippen molar-refractivity contribution in [2.24, 2.45) is 0 Å². The Morgan fingerprint density at radius 3 is 1.38 bits per heavy atom. The van der Waals surface area contributed by atoms with Crippen LogP contribution in [0.5, 0.6) is 0 Å². The van der Waals surface area contributed by atoms with Gasteiger partial charge in [0.1, 0.15) is 50.2 Å². The van der Waals surface area contributed by atoms with Crippen LogP contribution in [0.15, 0.2) is 48.6 Å². The molecule has 298 valence electrons. The highest BCUT2D eigenvalue weighted by atomic mass is 32.2. The van der Waals surface area contributed by atoms with Gasteiger partial charge in [-0.1, -0.05) is 32.7 Å². The van der Waals surface area contributed by atoms with Crippen LogP contribution in [0.25, 0.3) is 0 Å². The number of nitrogens with one attached hydrogen (secondary N) is 2. The summed E-state index contributed by atoms with van der Waals surface area (Å²) in [6, 6.07) is 0. The Hall–Kier alpha value is -4.80. The zero-order valence-corrected chi connectivity index (χ0v) is 32.6. The SMILES string of the molecule is C=C(C)C(=O)OCC(C)(COC(=O)C(=C)C)NC(=O)OCC(CSCCCCCC(=O)OC)OC(=O)NC(C)(COC(=O)C(=C)C)COC(=O)C(=C)C. The Balaban J connectivity index is 5.87. The maximum absolute atomic E-state index is 13.2. The van der Waals surface area contributed by atoms with Crippen molar-refractivity contribution >= 4 is 53.8 Å². The largest absolute Gasteiger partial charge is 0.469 e. The first-order valence-electron chi connectivity index (χ1n) is 16.5. The quantitative estimate of drug-likeness (QED) is 0.0575. The Kier molecular flexibility index (Phi) is 22.2. The summed E-state index contributed by atoms with van der Waals surface area (Å²) < 4.78 is 36.5. The molecule has 0 aromatic heterocycles. The smallest absolute Gasteiger partial charge is 0.408 e. The normalized spacial score (nSPS) is 11.5. The van der Waals surface area contributed by atoms with Crippen LogP contribution < -0.4 is 10.6 Å². The van der Waals surface area contributed by atoms with E-state index in [4.69, 9.17) is 28.4 Å². The molecule has 0 aliphatic carbocycles. The number of unbranched alkanes of at least 4 members (excludes halogenated alkanes) is 2. The molecular formula is C36H54N2O14S. The number of esters is 5. The highest BCUT2D eigenvalue weighted by Crippen LogP contribution is 2.15. The topological polar surface area (TPSA) is 208 Å². The van der Waals surface area contributed by atoms with Gasteiger partial charge in [-0.15, -0.1) is 0 Å². The van der Waals surface area contributed by atoms with Crippen molar-refractivity contribution in [3.05, 3.63) is 48.6 Å². The average Bonchev–Trinajstić information content (AvgIpc) is 3.08. The van der Waals surface area contributed by atoms with E-state index < -0.39 is 86.3 Å². The van der Waals surface area contributed by atoms with Gasteiger partial charge in [0.25, 0.3) is 0 Å². The van der Waals surface area contributed by atoms with E-state index >= 15 is 0 Å². The van der Waals surface area contributed by atoms with Crippen molar-refractivity contribution in [2.75, 3.05) is 51.6 Å². The first-order valence-corrected chi connectivity index (χ1v) is 17.7. The fraction of sp³-hybridized carbons (Fsp3) is 0.583. The number of rotatable bonds is 25. The third-order valence-electron chi connectivity index (χ3n) is 6.66. The molecule has 17 heteroatoms. The van der Waals surface area contributed by atoms with E-state index in [1.54, 1.807) is 0 Å². The first-order chi connectivity index (χ1) is 24.6. The molecule has 1 unspecified atom stereocenters. The third-order valence-corrected chi connectivity index (χ3v) is 7.85. The van der Waals surface area contributed by atoms with Crippen LogP contribution in [0, 0.1) is 0 Å². The first kappa shape index (κ1) is 48.2. The average molecular weight is 771 g/mol. The molecule has 16 nitrogen and oxygen atoms in total. The summed E-state index contributed by atoms with van der Waals surface area (Å²) in [5.74, 6) is -2.50. The molecule has 0 saturated carbocycles. The van der Waals surface area contributed by atoms with Gasteiger partial charge in [0, 0.05) is 34.5 Å². The number of methoxy groups -OCH3 is 1. The van der Waals surface area contributed by atoms with Gasteiger partial charge in [-0.25, -0.2) is 28.8 Å². The number of amides is 2. The highest BCUT2D eigenvalue weighted by Gasteiger charge is 2.34. The standard InChI is InChI=1S/C36H54N2O14S/c1-23(2)29(40)48-19-35(9,20-49-30(41)24(3)4)37-33(44)47-17-27(18-53-16-14-12-13-15-28(39)46-11)52-34(45)38-36(10,21-50-31(42)25(5)6)22-51-32(43)26(7)8/h27H,1,3,5,7,12-22H2,2,4,6,8-11H3,(H,37,44)(H,38,45). The van der Waals surface area contributed by atoms with Crippen LogP contribution >= 0.6 is 11.8 Å². The highest BCUT2D eigenvalue weighted by molar-refractivity contribution is 7.99. The Morgan fingerprint density at radius 2 is 1.00 bits per heavy atom. The summed E-state index contributed by atoms with van der Waals surface area (Å²) in [7, 11) is 1.32. The Labute approximate surface area is 315 Å². The number of thioether (sulfide) groups is 1. The lowest BCUT2D eigenvalue weighted by atomic mass is 10.1. The number of hydrogen-bond donors (Lipinski definition) is 2. The minimum Gasteiger partial charge on any atom is -0.469 e. The van der Waals surface area contributed by atoms with Gasteiger partial charge < -0.3 is 43.8 Å². The monoisotopic (exact) mass is 770 g/mol. The number of ether oxygens (including phenoxy) is 7. The molecule has 0 heterocycles. The summed E-state index contributed by atoms with van der Waals surface area (Å²) in [5, 5.41) is 5.07. The molecular weight excluding hydrogens is 716 g/mol. The van der Waals surface area contributed by atoms with Gasteiger partial charge in [-0.2, -0.15) is 11.8 Å². The molecule has 1 atom stereocenters. The van der Waals surface area contributed by atoms with Crippen molar-refractivity contribution < 1.29 is 66.7 Å². The minimum absolute atomic E-state index is 0.103. The lowest BCUT2D eigenvalue weighted by Gasteiger charge is -2.31. The molecule has 2 N–H and O–H groups in total. The van der Waals surface area contributed by atoms with Gasteiger partial charge in [0.05, 0.1) is 7.11 Å². The number of alkyl carbamates (subject to hydrolysis) is 2. The van der Waals surface area contributed by atoms with Gasteiger partial charge >= 0.3 is 42.0 Å². The molecule has 0 fully saturated rings. The zero-order chi connectivity index (χ0) is 40.8. The predicted octanol–water partition coefficient (Wildman–Crippen LogP) is 4.27. The molecule has 0 spiro atoms. The second-order valence-corrected chi connectivity index (χ2v) is 14.0. The second kappa shape index (κ2) is 24.4. The Bertz CT molecular complexity index is 1320. The third kappa shape index (κ3) is 22.0. The minimum atomic E-state index is -1.47. The van der Waals surface area contributed by atoms with Crippen molar-refractivity contribution in [1.29, 1.82) is 0 Å². The maximum Gasteiger partial charge on any atom is 0.408 e. The molecule has 2 amide bonds. The van der Waals surface area contributed by atoms with E-state index in [9.17, 15) is 33.6 Å². The second-order valence-electron chi connectivity index (χ2n) is 12.9. The summed E-state index contributed by atoms with van der Waals surface area (Å²) in [6.45, 7) is 20.6. The van der Waals surface area contributed by atoms with Crippen molar-refractivity contribution in [3.8, 4) is 0 Å². The van der Waals surface area contributed by atoms with Crippen LogP contribution in [-0.2, 0) is 57.1 Å². The fourth-order valence-electron chi connectivity index (χ4n) is 3.58. The van der Waals surface area contributed by atoms with Gasteiger partial charge in [-0.3, -0.25) is 4.79 Å². The zero-order valence-electron chi connectivity index (χ0n) is 31.8. The van der Waals surface area contributed by atoms with E-state index in [-0.39, 0.29) is 40.4 Å². The van der Waals surface area contributed by atoms with E-state index in [1.165, 1.54) is 60.4 Å². The number of carbonyl (C=O) groups is 7. The lowest BCUT2D eigenvalue weighted by Crippen LogP contribution is -2.55.